The van der Waals surface area contributed by atoms with E-state index in [1.807, 2.05) is 36.4 Å². The monoisotopic (exact) mass is 456 g/mol. The highest BCUT2D eigenvalue weighted by molar-refractivity contribution is 7.13. The molecule has 0 unspecified atom stereocenters. The number of amides is 2. The van der Waals surface area contributed by atoms with Crippen LogP contribution in [-0.2, 0) is 17.6 Å². The van der Waals surface area contributed by atoms with Gasteiger partial charge in [-0.05, 0) is 53.4 Å². The van der Waals surface area contributed by atoms with Gasteiger partial charge in [-0.15, -0.1) is 11.3 Å². The van der Waals surface area contributed by atoms with Crippen molar-refractivity contribution in [1.29, 1.82) is 0 Å². The molecule has 4 rings (SSSR count). The molecule has 6 nitrogen and oxygen atoms in total. The standard InChI is InChI=1S/C26H24N4O2S/c1-2-17-7-9-18(10-8-17)22-5-3-4-6-23(22)25(32)29-20-13-11-19(12-14-20)28-24(31)15-21-16-33-26(27)30-21/h3-14,16H,2,15H2,1H3,(H2,27,30)(H,28,31)(H,29,32). The maximum atomic E-state index is 13.0. The number of carbonyl (C=O) groups is 2. The van der Waals surface area contributed by atoms with E-state index in [4.69, 9.17) is 5.73 Å². The number of nitrogens with one attached hydrogen (secondary N) is 2. The smallest absolute Gasteiger partial charge is 0.256 e. The highest BCUT2D eigenvalue weighted by Gasteiger charge is 2.13. The molecule has 1 aromatic heterocycles. The Kier molecular flexibility index (Phi) is 6.80. The maximum absolute atomic E-state index is 13.0. The number of carbonyl (C=O) groups excluding carboxylic acids is 2. The Balaban J connectivity index is 1.42. The van der Waals surface area contributed by atoms with Crippen molar-refractivity contribution in [2.45, 2.75) is 19.8 Å². The minimum absolute atomic E-state index is 0.155. The van der Waals surface area contributed by atoms with Crippen molar-refractivity contribution in [1.82, 2.24) is 4.98 Å². The predicted molar refractivity (Wildman–Crippen MR) is 135 cm³/mol. The van der Waals surface area contributed by atoms with Gasteiger partial charge in [-0.25, -0.2) is 4.98 Å². The Bertz CT molecular complexity index is 1260. The lowest BCUT2D eigenvalue weighted by Gasteiger charge is -2.12. The third-order valence-corrected chi connectivity index (χ3v) is 5.91. The molecule has 0 aliphatic carbocycles. The van der Waals surface area contributed by atoms with Crippen molar-refractivity contribution >= 4 is 39.7 Å². The molecule has 0 saturated carbocycles. The molecule has 0 saturated heterocycles. The first-order chi connectivity index (χ1) is 16.0. The third-order valence-electron chi connectivity index (χ3n) is 5.18. The van der Waals surface area contributed by atoms with Crippen molar-refractivity contribution in [2.75, 3.05) is 16.4 Å². The summed E-state index contributed by atoms with van der Waals surface area (Å²) in [6, 6.07) is 22.8. The zero-order chi connectivity index (χ0) is 23.2. The molecule has 0 radical (unpaired) electrons. The van der Waals surface area contributed by atoms with Crippen molar-refractivity contribution in [3.05, 3.63) is 95.0 Å². The Labute approximate surface area is 196 Å². The molecular formula is C26H24N4O2S. The second kappa shape index (κ2) is 10.1. The number of hydrogen-bond donors (Lipinski definition) is 3. The van der Waals surface area contributed by atoms with E-state index in [1.54, 1.807) is 29.6 Å². The minimum Gasteiger partial charge on any atom is -0.375 e. The van der Waals surface area contributed by atoms with E-state index < -0.39 is 0 Å². The fourth-order valence-corrected chi connectivity index (χ4v) is 4.02. The highest BCUT2D eigenvalue weighted by atomic mass is 32.1. The number of rotatable bonds is 7. The number of hydrogen-bond acceptors (Lipinski definition) is 5. The highest BCUT2D eigenvalue weighted by Crippen LogP contribution is 2.25. The van der Waals surface area contributed by atoms with Gasteiger partial charge in [0.05, 0.1) is 12.1 Å². The van der Waals surface area contributed by atoms with Gasteiger partial charge in [0.25, 0.3) is 5.91 Å². The zero-order valence-electron chi connectivity index (χ0n) is 18.2. The van der Waals surface area contributed by atoms with Crippen LogP contribution in [0.1, 0.15) is 28.5 Å². The van der Waals surface area contributed by atoms with E-state index in [-0.39, 0.29) is 18.2 Å². The molecule has 1 heterocycles. The molecule has 0 spiro atoms. The molecule has 0 atom stereocenters. The largest absolute Gasteiger partial charge is 0.375 e. The summed E-state index contributed by atoms with van der Waals surface area (Å²) in [6.07, 6.45) is 1.13. The zero-order valence-corrected chi connectivity index (χ0v) is 19.0. The van der Waals surface area contributed by atoms with Crippen LogP contribution < -0.4 is 16.4 Å². The van der Waals surface area contributed by atoms with Crippen molar-refractivity contribution in [2.24, 2.45) is 0 Å². The first-order valence-corrected chi connectivity index (χ1v) is 11.5. The average Bonchev–Trinajstić information content (AvgIpc) is 3.24. The van der Waals surface area contributed by atoms with Crippen LogP contribution in [0.5, 0.6) is 0 Å². The Morgan fingerprint density at radius 3 is 2.21 bits per heavy atom. The topological polar surface area (TPSA) is 97.1 Å². The molecular weight excluding hydrogens is 432 g/mol. The molecule has 2 amide bonds. The molecule has 0 aliphatic rings. The number of benzene rings is 3. The number of aryl methyl sites for hydroxylation is 1. The molecule has 0 fully saturated rings. The first-order valence-electron chi connectivity index (χ1n) is 10.6. The van der Waals surface area contributed by atoms with Gasteiger partial charge in [0.1, 0.15) is 0 Å². The summed E-state index contributed by atoms with van der Waals surface area (Å²) < 4.78 is 0. The van der Waals surface area contributed by atoms with Gasteiger partial charge in [0.2, 0.25) is 5.91 Å². The van der Waals surface area contributed by atoms with Crippen LogP contribution in [0.4, 0.5) is 16.5 Å². The van der Waals surface area contributed by atoms with Crippen LogP contribution in [0, 0.1) is 0 Å². The minimum atomic E-state index is -0.192. The van der Waals surface area contributed by atoms with Crippen LogP contribution in [0.2, 0.25) is 0 Å². The third kappa shape index (κ3) is 5.64. The summed E-state index contributed by atoms with van der Waals surface area (Å²) >= 11 is 1.31. The Hall–Kier alpha value is -3.97. The summed E-state index contributed by atoms with van der Waals surface area (Å²) in [5, 5.41) is 7.97. The molecule has 7 heteroatoms. The van der Waals surface area contributed by atoms with Gasteiger partial charge in [-0.3, -0.25) is 9.59 Å². The van der Waals surface area contributed by atoms with Crippen LogP contribution in [0.25, 0.3) is 11.1 Å². The maximum Gasteiger partial charge on any atom is 0.256 e. The molecule has 0 bridgehead atoms. The van der Waals surface area contributed by atoms with Gasteiger partial charge in [-0.1, -0.05) is 49.4 Å². The first kappa shape index (κ1) is 22.2. The van der Waals surface area contributed by atoms with E-state index in [1.165, 1.54) is 16.9 Å². The fourth-order valence-electron chi connectivity index (χ4n) is 3.46. The summed E-state index contributed by atoms with van der Waals surface area (Å²) in [5.41, 5.74) is 11.2. The number of nitrogen functional groups attached to an aromatic ring is 1. The molecule has 166 valence electrons. The van der Waals surface area contributed by atoms with E-state index in [2.05, 4.69) is 34.7 Å². The van der Waals surface area contributed by atoms with Crippen molar-refractivity contribution in [3.63, 3.8) is 0 Å². The Morgan fingerprint density at radius 1 is 0.909 bits per heavy atom. The second-order valence-electron chi connectivity index (χ2n) is 7.53. The van der Waals surface area contributed by atoms with Crippen LogP contribution >= 0.6 is 11.3 Å². The van der Waals surface area contributed by atoms with E-state index in [9.17, 15) is 9.59 Å². The van der Waals surface area contributed by atoms with Crippen molar-refractivity contribution in [3.8, 4) is 11.1 Å². The van der Waals surface area contributed by atoms with Crippen LogP contribution in [0.3, 0.4) is 0 Å². The summed E-state index contributed by atoms with van der Waals surface area (Å²) in [6.45, 7) is 2.12. The number of anilines is 3. The SMILES string of the molecule is CCc1ccc(-c2ccccc2C(=O)Nc2ccc(NC(=O)Cc3csc(N)n3)cc2)cc1. The summed E-state index contributed by atoms with van der Waals surface area (Å²) in [7, 11) is 0. The lowest BCUT2D eigenvalue weighted by atomic mass is 9.98. The quantitative estimate of drug-likeness (QED) is 0.347. The second-order valence-corrected chi connectivity index (χ2v) is 8.42. The van der Waals surface area contributed by atoms with Gasteiger partial charge in [0, 0.05) is 22.3 Å². The molecule has 3 aromatic carbocycles. The fraction of sp³-hybridized carbons (Fsp3) is 0.115. The van der Waals surface area contributed by atoms with Crippen LogP contribution in [-0.4, -0.2) is 16.8 Å². The normalized spacial score (nSPS) is 10.6. The summed E-state index contributed by atoms with van der Waals surface area (Å²) in [4.78, 5) is 29.3. The average molecular weight is 457 g/mol. The van der Waals surface area contributed by atoms with Gasteiger partial charge in [-0.2, -0.15) is 0 Å². The molecule has 0 aliphatic heterocycles. The van der Waals surface area contributed by atoms with Crippen molar-refractivity contribution < 1.29 is 9.59 Å². The number of nitrogens with zero attached hydrogens (tertiary/aromatic N) is 1. The van der Waals surface area contributed by atoms with E-state index in [0.717, 1.165) is 17.5 Å². The summed E-state index contributed by atoms with van der Waals surface area (Å²) in [5.74, 6) is -0.372. The number of nitrogens with two attached hydrogens (primary N) is 1. The van der Waals surface area contributed by atoms with Gasteiger partial charge >= 0.3 is 0 Å². The van der Waals surface area contributed by atoms with Gasteiger partial charge < -0.3 is 16.4 Å². The van der Waals surface area contributed by atoms with Gasteiger partial charge in [0.15, 0.2) is 5.13 Å². The number of thiazole rings is 1. The van der Waals surface area contributed by atoms with E-state index >= 15 is 0 Å². The molecule has 4 N–H and O–H groups in total. The lowest BCUT2D eigenvalue weighted by Crippen LogP contribution is -2.15. The molecule has 4 aromatic rings. The predicted octanol–water partition coefficient (Wildman–Crippen LogP) is 5.39. The lowest BCUT2D eigenvalue weighted by molar-refractivity contribution is -0.115. The number of aromatic nitrogens is 1. The Morgan fingerprint density at radius 2 is 1.58 bits per heavy atom. The van der Waals surface area contributed by atoms with E-state index in [0.29, 0.717) is 27.8 Å². The van der Waals surface area contributed by atoms with Crippen LogP contribution in [0.15, 0.2) is 78.2 Å². The molecule has 33 heavy (non-hydrogen) atoms.